The number of anilines is 3. The van der Waals surface area contributed by atoms with E-state index in [-0.39, 0.29) is 153 Å². The molecule has 6 unspecified atom stereocenters. The summed E-state index contributed by atoms with van der Waals surface area (Å²) in [5, 5.41) is 55.3. The Morgan fingerprint density at radius 2 is 0.782 bits per heavy atom. The number of aromatic nitrogens is 4. The van der Waals surface area contributed by atoms with Gasteiger partial charge in [-0.05, 0) is 234 Å². The number of nitrogens with one attached hydrogen (secondary N) is 1. The van der Waals surface area contributed by atoms with Gasteiger partial charge in [-0.2, -0.15) is 18.1 Å². The summed E-state index contributed by atoms with van der Waals surface area (Å²) < 4.78 is 113. The predicted molar refractivity (Wildman–Crippen MR) is 523 cm³/mol. The molecule has 771 valence electrons. The summed E-state index contributed by atoms with van der Waals surface area (Å²) in [6.07, 6.45) is -3.42. The maximum absolute atomic E-state index is 13.4. The largest absolute Gasteiger partial charge is 0.569 e. The number of ether oxygens (including phenoxy) is 4. The quantitative estimate of drug-likeness (QED) is 0.0185. The number of Topliss-reactive ketones (excluding diaryl/α,β-unsaturated/α-hetero) is 3. The van der Waals surface area contributed by atoms with Gasteiger partial charge in [0.2, 0.25) is 23.4 Å². The molecule has 4 aromatic heterocycles. The molecule has 6 N–H and O–H groups in total. The Labute approximate surface area is 850 Å². The molecule has 4 aliphatic heterocycles. The lowest BCUT2D eigenvalue weighted by Gasteiger charge is -2.24. The Kier molecular flexibility index (Phi) is 42.1. The number of amides is 5. The fourth-order valence-corrected chi connectivity index (χ4v) is 15.7. The first-order valence-corrected chi connectivity index (χ1v) is 45.2. The van der Waals surface area contributed by atoms with Crippen LogP contribution >= 0.6 is 35.6 Å². The second-order valence-corrected chi connectivity index (χ2v) is 34.7. The molecule has 1 radical (unpaired) electrons. The maximum Gasteiger partial charge on any atom is 0.569 e. The Balaban J connectivity index is 0.000000193. The lowest BCUT2D eigenvalue weighted by Crippen LogP contribution is -2.42. The van der Waals surface area contributed by atoms with Gasteiger partial charge in [-0.15, -0.1) is 12.4 Å². The number of nitro groups is 4. The van der Waals surface area contributed by atoms with Crippen molar-refractivity contribution in [3.05, 3.63) is 311 Å². The van der Waals surface area contributed by atoms with Crippen molar-refractivity contribution >= 4 is 136 Å². The van der Waals surface area contributed by atoms with Gasteiger partial charge in [-0.3, -0.25) is 64.4 Å². The van der Waals surface area contributed by atoms with Gasteiger partial charge in [0.15, 0.2) is 0 Å². The Bertz CT molecular complexity index is 6370. The second kappa shape index (κ2) is 54.0. The molecule has 4 saturated heterocycles. The van der Waals surface area contributed by atoms with E-state index in [4.69, 9.17) is 53.9 Å². The monoisotopic (exact) mass is 2100 g/mol. The highest BCUT2D eigenvalue weighted by molar-refractivity contribution is 6.61. The van der Waals surface area contributed by atoms with Crippen LogP contribution in [-0.4, -0.2) is 184 Å². The molecule has 5 amide bonds. The number of benzene rings is 7. The van der Waals surface area contributed by atoms with Crippen LogP contribution in [0.15, 0.2) is 237 Å². The summed E-state index contributed by atoms with van der Waals surface area (Å²) >= 11 is 10.4. The zero-order chi connectivity index (χ0) is 106. The number of hydrogen-bond acceptors (Lipinski definition) is 30. The van der Waals surface area contributed by atoms with Gasteiger partial charge >= 0.3 is 60.5 Å². The Morgan fingerprint density at radius 1 is 0.456 bits per heavy atom. The molecule has 11 aromatic rings. The third kappa shape index (κ3) is 35.2. The highest BCUT2D eigenvalue weighted by atomic mass is 35.5. The van der Waals surface area contributed by atoms with E-state index in [2.05, 4.69) is 34.6 Å². The first-order valence-electron chi connectivity index (χ1n) is 44.4. The van der Waals surface area contributed by atoms with E-state index < -0.39 is 72.3 Å². The highest BCUT2D eigenvalue weighted by Crippen LogP contribution is 2.41. The van der Waals surface area contributed by atoms with Crippen molar-refractivity contribution < 1.29 is 122 Å². The zero-order valence-corrected chi connectivity index (χ0v) is 80.5. The van der Waals surface area contributed by atoms with Crippen LogP contribution in [0.1, 0.15) is 71.4 Å². The van der Waals surface area contributed by atoms with Crippen molar-refractivity contribution in [1.29, 1.82) is 0 Å². The molecule has 147 heavy (non-hydrogen) atoms. The molecule has 3 aliphatic carbocycles. The molecule has 38 nitrogen and oxygen atoms in total. The molecule has 7 fully saturated rings. The number of pyridine rings is 4. The van der Waals surface area contributed by atoms with Crippen molar-refractivity contribution in [3.63, 3.8) is 0 Å². The number of imide groups is 1. The summed E-state index contributed by atoms with van der Waals surface area (Å²) in [5.41, 5.74) is 10.9. The van der Waals surface area contributed by atoms with E-state index in [1.807, 2.05) is 26.8 Å². The smallest absolute Gasteiger partial charge is 0.537 e. The van der Waals surface area contributed by atoms with Gasteiger partial charge in [-0.25, -0.2) is 56.7 Å². The molecule has 18 rings (SSSR count). The standard InChI is InChI=1S/C25H16FN3O6.C20H18FN3O4.C12H19NO3.C11H8FN3O2.C9H10F3NO2.C7H5ClO2.C6H5BFO2.C5H4ClN3O2.C3H7N.ClH/c26-18-13-11-17(12-14-18)21-15-16-22(29(32)33)23(27-21)28(24(30)34-19-7-3-1-4-8-19)25(31)35-20-9-5-2-6-10-20;21-15-3-1-12(2-4-15)17-5-6-19(24(27)28)18(22-17)9-20(26)23-10-13-7-16(25)8-14(13)11-23;1-12(2,3)16-11(15)13-6-8-4-10(14)5-9(8)7-13;12-8-3-1-7(2-4-8)9-5-6-10(15(16)17)11(13)14-9;10-9(11,12)8(15)13-3-5-1-7(14)2-6(5)4-13;8-7(9)10-6-4-2-1-3-5-6;8-5-1-3-6(4-2-5)10-7-9;6-4-2-1-3(9(10)11)5(7)8-4;1-2-4-3-1;/h1-16H;1-6,13-14H,7-11H2;8-9H,4-7H2,1-3H3;1-6H,(H2,13,14);5-6H,1-4H2;1-5H;1-4,9H;1-2H,(H2,7,8);4H,1-3H2;1H. The molecule has 8 heterocycles. The SMILES string of the molecule is C1CNC1.CC(C)(C)OC(=O)N1CC2CC(=O)CC2C1.Cl.Nc1nc(-c2ccc(F)cc2)ccc1[N+](=O)[O-].Nc1nc(Cl)ccc1[N+](=O)[O-].O=C(Cl)Oc1ccccc1.O=C(Oc1ccccc1)N(C(=O)Oc1ccccc1)c1nc(-c2ccc(F)cc2)ccc1[N+](=O)[O-].O=C1CC2CN(C(=O)C(F)(F)F)CC2C1.O=C1CC2CN(C(=O)Cc3nc(-c4ccc(F)cc4)ccc3[N+](=O)[O-])CC2C1.O[B]Oc1ccc(F)cc1. The molecular formula is C98H93BCl3F7N15O23. The third-order valence-corrected chi connectivity index (χ3v) is 22.7. The van der Waals surface area contributed by atoms with Crippen LogP contribution in [0.5, 0.6) is 23.0 Å². The number of para-hydroxylation sites is 3. The predicted octanol–water partition coefficient (Wildman–Crippen LogP) is 18.8. The van der Waals surface area contributed by atoms with Crippen LogP contribution in [0.3, 0.4) is 0 Å². The third-order valence-electron chi connectivity index (χ3n) is 22.4. The average Bonchev–Trinajstić information content (AvgIpc) is 1.88. The minimum Gasteiger partial charge on any atom is -0.537 e. The van der Waals surface area contributed by atoms with E-state index >= 15 is 0 Å². The van der Waals surface area contributed by atoms with E-state index in [0.29, 0.717) is 134 Å². The molecule has 6 atom stereocenters. The lowest BCUT2D eigenvalue weighted by molar-refractivity contribution is -0.385. The van der Waals surface area contributed by atoms with Crippen molar-refractivity contribution in [2.45, 2.75) is 83.9 Å². The minimum absolute atomic E-state index is 0. The summed E-state index contributed by atoms with van der Waals surface area (Å²) in [7, 11) is 0.549. The fourth-order valence-electron chi connectivity index (χ4n) is 15.4. The normalized spacial score (nSPS) is 16.6. The van der Waals surface area contributed by atoms with Crippen molar-refractivity contribution in [3.8, 4) is 56.8 Å². The van der Waals surface area contributed by atoms with E-state index in [1.165, 1.54) is 183 Å². The Morgan fingerprint density at radius 3 is 1.12 bits per heavy atom. The first-order chi connectivity index (χ1) is 69.3. The number of ketones is 3. The molecular weight excluding hydrogens is 2010 g/mol. The summed E-state index contributed by atoms with van der Waals surface area (Å²) in [6, 6.07) is 56.6. The van der Waals surface area contributed by atoms with Gasteiger partial charge in [-0.1, -0.05) is 66.2 Å². The Hall–Kier alpha value is -16.1. The van der Waals surface area contributed by atoms with Crippen LogP contribution in [0.25, 0.3) is 33.8 Å². The van der Waals surface area contributed by atoms with Crippen LogP contribution in [0.2, 0.25) is 5.15 Å². The van der Waals surface area contributed by atoms with Gasteiger partial charge in [0, 0.05) is 130 Å². The molecule has 49 heteroatoms. The number of halogens is 10. The number of carbonyl (C=O) groups excluding carboxylic acids is 9. The minimum atomic E-state index is -4.79. The van der Waals surface area contributed by atoms with E-state index in [9.17, 15) is 114 Å². The van der Waals surface area contributed by atoms with Crippen molar-refractivity contribution in [2.24, 2.45) is 35.5 Å². The van der Waals surface area contributed by atoms with Gasteiger partial charge in [0.1, 0.15) is 80.1 Å². The van der Waals surface area contributed by atoms with Gasteiger partial charge in [0.25, 0.3) is 5.69 Å². The van der Waals surface area contributed by atoms with Gasteiger partial charge in [0.05, 0.1) is 43.2 Å². The van der Waals surface area contributed by atoms with Crippen LogP contribution in [0, 0.1) is 99.2 Å². The van der Waals surface area contributed by atoms with E-state index in [0.717, 1.165) is 11.0 Å². The molecule has 3 saturated carbocycles. The van der Waals surface area contributed by atoms with E-state index in [1.54, 1.807) is 70.5 Å². The van der Waals surface area contributed by atoms with Gasteiger partial charge < -0.3 is 60.1 Å². The number of hydrogen-bond donors (Lipinski definition) is 4. The zero-order valence-electron chi connectivity index (χ0n) is 78.1. The lowest BCUT2D eigenvalue weighted by atomic mass is 10.0. The van der Waals surface area contributed by atoms with Crippen LogP contribution in [-0.2, 0) is 35.1 Å². The molecule has 7 aromatic carbocycles. The summed E-state index contributed by atoms with van der Waals surface area (Å²) in [4.78, 5) is 167. The number of likely N-dealkylation sites (tertiary alicyclic amines) is 3. The number of fused-ring (bicyclic) bond motifs is 3. The van der Waals surface area contributed by atoms with Crippen LogP contribution < -0.4 is 40.5 Å². The summed E-state index contributed by atoms with van der Waals surface area (Å²) in [6.45, 7) is 10.7. The summed E-state index contributed by atoms with van der Waals surface area (Å²) in [5.74, 6) is -1.73. The number of rotatable bonds is 15. The number of nitrogens with zero attached hydrogens (tertiary/aromatic N) is 12. The number of alkyl halides is 3. The fraction of sp³-hybridized carbons (Fsp3) is 0.276. The number of nitrogen functional groups attached to an aromatic ring is 2. The van der Waals surface area contributed by atoms with Crippen molar-refractivity contribution in [1.82, 2.24) is 40.0 Å². The molecule has 0 bridgehead atoms. The maximum atomic E-state index is 13.4. The van der Waals surface area contributed by atoms with Crippen LogP contribution in [0.4, 0.5) is 90.1 Å². The highest BCUT2D eigenvalue weighted by Gasteiger charge is 2.50. The first kappa shape index (κ1) is 115. The van der Waals surface area contributed by atoms with Crippen molar-refractivity contribution in [2.75, 3.05) is 68.7 Å². The molecule has 7 aliphatic rings. The second-order valence-electron chi connectivity index (χ2n) is 34.0. The number of carbonyl (C=O) groups is 9. The molecule has 0 spiro atoms. The number of nitrogens with two attached hydrogens (primary N) is 2. The topological polar surface area (TPSA) is 521 Å². The average molecular weight is 2100 g/mol.